The van der Waals surface area contributed by atoms with Gasteiger partial charge in [0.2, 0.25) is 23.4 Å². The van der Waals surface area contributed by atoms with Crippen LogP contribution < -0.4 is 4.90 Å². The number of alkyl halides is 3. The molecule has 9 nitrogen and oxygen atoms in total. The lowest BCUT2D eigenvalue weighted by Gasteiger charge is -2.22. The van der Waals surface area contributed by atoms with Crippen molar-refractivity contribution >= 4 is 11.6 Å². The van der Waals surface area contributed by atoms with Gasteiger partial charge in [0.15, 0.2) is 0 Å². The van der Waals surface area contributed by atoms with Crippen molar-refractivity contribution in [1.82, 2.24) is 25.3 Å². The van der Waals surface area contributed by atoms with Crippen LogP contribution in [0.3, 0.4) is 0 Å². The molecule has 1 aliphatic heterocycles. The van der Waals surface area contributed by atoms with E-state index >= 15 is 0 Å². The topological polar surface area (TPSA) is 111 Å². The molecule has 12 heteroatoms. The maximum absolute atomic E-state index is 12.7. The van der Waals surface area contributed by atoms with Crippen LogP contribution in [0.4, 0.5) is 18.9 Å². The molecule has 3 aromatic heterocycles. The summed E-state index contributed by atoms with van der Waals surface area (Å²) in [5.74, 6) is -1.12. The summed E-state index contributed by atoms with van der Waals surface area (Å²) in [6.07, 6.45) is -0.720. The molecule has 1 atom stereocenters. The van der Waals surface area contributed by atoms with Crippen LogP contribution in [0.2, 0.25) is 0 Å². The van der Waals surface area contributed by atoms with E-state index < -0.39 is 18.1 Å². The molecule has 0 N–H and O–H groups in total. The number of carbonyl (C=O) groups excluding carboxylic acids is 1. The Morgan fingerprint density at radius 1 is 0.969 bits per heavy atom. The number of rotatable bonds is 4. The fraction of sp³-hybridized carbons (Fsp3) is 0.200. The zero-order valence-corrected chi connectivity index (χ0v) is 16.2. The second-order valence-electron chi connectivity index (χ2n) is 6.98. The number of anilines is 1. The minimum Gasteiger partial charge on any atom is -0.337 e. The molecule has 0 spiro atoms. The van der Waals surface area contributed by atoms with Crippen molar-refractivity contribution in [2.75, 3.05) is 4.90 Å². The highest BCUT2D eigenvalue weighted by Gasteiger charge is 2.39. The van der Waals surface area contributed by atoms with Gasteiger partial charge in [0.1, 0.15) is 6.04 Å². The summed E-state index contributed by atoms with van der Waals surface area (Å²) in [6.45, 7) is 0. The van der Waals surface area contributed by atoms with Gasteiger partial charge in [0.05, 0.1) is 0 Å². The lowest BCUT2D eigenvalue weighted by atomic mass is 10.1. The van der Waals surface area contributed by atoms with Gasteiger partial charge in [-0.2, -0.15) is 23.1 Å². The highest BCUT2D eigenvalue weighted by Crippen LogP contribution is 2.37. The zero-order chi connectivity index (χ0) is 22.3. The SMILES string of the molecule is O=C1CCC(c2nc(-c3cccnc3)no2)N1c1ccc(-c2noc(C(F)(F)F)n2)cc1. The number of nitrogens with zero attached hydrogens (tertiary/aromatic N) is 6. The Labute approximate surface area is 177 Å². The van der Waals surface area contributed by atoms with Crippen LogP contribution in [-0.4, -0.2) is 31.2 Å². The van der Waals surface area contributed by atoms with Crippen LogP contribution in [0.1, 0.15) is 30.7 Å². The Morgan fingerprint density at radius 3 is 2.41 bits per heavy atom. The van der Waals surface area contributed by atoms with Gasteiger partial charge < -0.3 is 9.05 Å². The largest absolute Gasteiger partial charge is 0.471 e. The summed E-state index contributed by atoms with van der Waals surface area (Å²) in [5, 5.41) is 7.34. The Hall–Kier alpha value is -4.09. The number of amides is 1. The molecule has 162 valence electrons. The molecular weight excluding hydrogens is 429 g/mol. The van der Waals surface area contributed by atoms with E-state index in [0.717, 1.165) is 0 Å². The van der Waals surface area contributed by atoms with E-state index in [1.807, 2.05) is 0 Å². The zero-order valence-electron chi connectivity index (χ0n) is 16.2. The van der Waals surface area contributed by atoms with Crippen molar-refractivity contribution in [3.63, 3.8) is 0 Å². The second kappa shape index (κ2) is 7.55. The van der Waals surface area contributed by atoms with Gasteiger partial charge in [-0.1, -0.05) is 10.3 Å². The third-order valence-corrected chi connectivity index (χ3v) is 4.93. The van der Waals surface area contributed by atoms with E-state index in [4.69, 9.17) is 4.52 Å². The molecule has 1 amide bonds. The summed E-state index contributed by atoms with van der Waals surface area (Å²) >= 11 is 0. The number of halogens is 3. The minimum atomic E-state index is -4.72. The lowest BCUT2D eigenvalue weighted by molar-refractivity contribution is -0.159. The predicted octanol–water partition coefficient (Wildman–Crippen LogP) is 4.07. The van der Waals surface area contributed by atoms with Gasteiger partial charge in [0, 0.05) is 35.6 Å². The maximum atomic E-state index is 12.7. The first kappa shape index (κ1) is 19.8. The third kappa shape index (κ3) is 3.59. The fourth-order valence-corrected chi connectivity index (χ4v) is 3.45. The van der Waals surface area contributed by atoms with Crippen LogP contribution >= 0.6 is 0 Å². The molecule has 1 fully saturated rings. The molecule has 0 aliphatic carbocycles. The Balaban J connectivity index is 1.40. The number of hydrogen-bond acceptors (Lipinski definition) is 8. The normalized spacial score (nSPS) is 16.7. The molecule has 0 bridgehead atoms. The Kier molecular flexibility index (Phi) is 4.68. The number of pyridine rings is 1. The molecule has 0 saturated carbocycles. The van der Waals surface area contributed by atoms with E-state index in [2.05, 4.69) is 29.8 Å². The average molecular weight is 442 g/mol. The summed E-state index contributed by atoms with van der Waals surface area (Å²) < 4.78 is 47.7. The number of benzene rings is 1. The molecule has 5 rings (SSSR count). The van der Waals surface area contributed by atoms with Gasteiger partial charge in [0.25, 0.3) is 0 Å². The van der Waals surface area contributed by atoms with Crippen LogP contribution in [0, 0.1) is 0 Å². The van der Waals surface area contributed by atoms with E-state index in [-0.39, 0.29) is 24.0 Å². The highest BCUT2D eigenvalue weighted by atomic mass is 19.4. The van der Waals surface area contributed by atoms with E-state index in [1.165, 1.54) is 17.0 Å². The van der Waals surface area contributed by atoms with E-state index in [0.29, 0.717) is 29.1 Å². The maximum Gasteiger partial charge on any atom is 0.471 e. The summed E-state index contributed by atoms with van der Waals surface area (Å²) in [7, 11) is 0. The third-order valence-electron chi connectivity index (χ3n) is 4.93. The number of carbonyl (C=O) groups is 1. The minimum absolute atomic E-state index is 0.136. The number of hydrogen-bond donors (Lipinski definition) is 0. The van der Waals surface area contributed by atoms with Gasteiger partial charge in [-0.25, -0.2) is 0 Å². The van der Waals surface area contributed by atoms with Crippen LogP contribution in [0.15, 0.2) is 57.8 Å². The van der Waals surface area contributed by atoms with Crippen molar-refractivity contribution in [1.29, 1.82) is 0 Å². The van der Waals surface area contributed by atoms with Crippen molar-refractivity contribution in [3.05, 3.63) is 60.6 Å². The highest BCUT2D eigenvalue weighted by molar-refractivity contribution is 5.96. The predicted molar refractivity (Wildman–Crippen MR) is 102 cm³/mol. The van der Waals surface area contributed by atoms with E-state index in [1.54, 1.807) is 36.7 Å². The average Bonchev–Trinajstić information content (AvgIpc) is 3.54. The molecule has 1 unspecified atom stereocenters. The first-order valence-electron chi connectivity index (χ1n) is 9.47. The molecule has 0 radical (unpaired) electrons. The first-order chi connectivity index (χ1) is 15.4. The van der Waals surface area contributed by atoms with Crippen LogP contribution in [0.5, 0.6) is 0 Å². The second-order valence-corrected chi connectivity index (χ2v) is 6.98. The fourth-order valence-electron chi connectivity index (χ4n) is 3.45. The monoisotopic (exact) mass is 442 g/mol. The quantitative estimate of drug-likeness (QED) is 0.465. The van der Waals surface area contributed by atoms with Crippen molar-refractivity contribution < 1.29 is 27.0 Å². The van der Waals surface area contributed by atoms with Crippen molar-refractivity contribution in [2.24, 2.45) is 0 Å². The van der Waals surface area contributed by atoms with E-state index in [9.17, 15) is 18.0 Å². The molecule has 32 heavy (non-hydrogen) atoms. The number of aromatic nitrogens is 5. The molecular formula is C20H13F3N6O3. The van der Waals surface area contributed by atoms with Gasteiger partial charge >= 0.3 is 12.1 Å². The van der Waals surface area contributed by atoms with Gasteiger partial charge in [-0.05, 0) is 42.8 Å². The Bertz CT molecular complexity index is 1250. The Morgan fingerprint density at radius 2 is 1.72 bits per heavy atom. The van der Waals surface area contributed by atoms with Crippen LogP contribution in [0.25, 0.3) is 22.8 Å². The molecule has 4 aromatic rings. The summed E-state index contributed by atoms with van der Waals surface area (Å²) in [6, 6.07) is 9.28. The summed E-state index contributed by atoms with van der Waals surface area (Å²) in [4.78, 5) is 25.9. The summed E-state index contributed by atoms with van der Waals surface area (Å²) in [5.41, 5.74) is 1.52. The van der Waals surface area contributed by atoms with Crippen molar-refractivity contribution in [3.8, 4) is 22.8 Å². The molecule has 1 aromatic carbocycles. The van der Waals surface area contributed by atoms with Crippen molar-refractivity contribution in [2.45, 2.75) is 25.1 Å². The molecule has 1 saturated heterocycles. The standard InChI is InChI=1S/C20H13F3N6O3/c21-20(22,23)19-26-16(28-32-19)11-3-5-13(6-4-11)29-14(7-8-15(29)30)18-25-17(27-31-18)12-2-1-9-24-10-12/h1-6,9-10,14H,7-8H2. The lowest BCUT2D eigenvalue weighted by Crippen LogP contribution is -2.27. The van der Waals surface area contributed by atoms with Gasteiger partial charge in [-0.15, -0.1) is 0 Å². The molecule has 1 aliphatic rings. The van der Waals surface area contributed by atoms with Gasteiger partial charge in [-0.3, -0.25) is 14.7 Å². The van der Waals surface area contributed by atoms with Crippen LogP contribution in [-0.2, 0) is 11.0 Å². The molecule has 4 heterocycles. The first-order valence-corrected chi connectivity index (χ1v) is 9.47. The smallest absolute Gasteiger partial charge is 0.337 e.